The van der Waals surface area contributed by atoms with E-state index in [4.69, 9.17) is 9.97 Å². The normalized spacial score (nSPS) is 11.9. The molecule has 0 fully saturated rings. The summed E-state index contributed by atoms with van der Waals surface area (Å²) in [7, 11) is 0. The third kappa shape index (κ3) is 5.06. The van der Waals surface area contributed by atoms with Crippen LogP contribution < -0.4 is 0 Å². The van der Waals surface area contributed by atoms with Gasteiger partial charge in [0.25, 0.3) is 0 Å². The van der Waals surface area contributed by atoms with Crippen LogP contribution in [0.1, 0.15) is 0 Å². The van der Waals surface area contributed by atoms with E-state index in [0.29, 0.717) is 5.95 Å². The van der Waals surface area contributed by atoms with Gasteiger partial charge in [-0.3, -0.25) is 4.57 Å². The highest BCUT2D eigenvalue weighted by molar-refractivity contribution is 7.25. The molecule has 0 aliphatic rings. The molecule has 0 aliphatic carbocycles. The number of aromatic nitrogens is 4. The Balaban J connectivity index is 1.09. The average Bonchev–Trinajstić information content (AvgIpc) is 3.93. The average molecular weight is 745 g/mol. The van der Waals surface area contributed by atoms with Gasteiger partial charge in [-0.1, -0.05) is 133 Å². The molecular weight excluding hydrogens is 713 g/mol. The van der Waals surface area contributed by atoms with E-state index in [-0.39, 0.29) is 0 Å². The minimum absolute atomic E-state index is 0.646. The molecule has 0 atom stereocenters. The van der Waals surface area contributed by atoms with Crippen molar-refractivity contribution in [2.75, 3.05) is 0 Å². The first kappa shape index (κ1) is 32.0. The van der Waals surface area contributed by atoms with E-state index in [9.17, 15) is 0 Å². The highest BCUT2D eigenvalue weighted by atomic mass is 32.1. The largest absolute Gasteiger partial charge is 0.309 e. The molecule has 0 unspecified atom stereocenters. The van der Waals surface area contributed by atoms with Gasteiger partial charge in [-0.15, -0.1) is 11.3 Å². The van der Waals surface area contributed by atoms with Crippen LogP contribution in [0, 0.1) is 0 Å². The van der Waals surface area contributed by atoms with E-state index in [1.807, 2.05) is 23.5 Å². The molecule has 0 N–H and O–H groups in total. The molecular formula is C52H32N4S. The first-order chi connectivity index (χ1) is 28.2. The molecule has 4 nitrogen and oxygen atoms in total. The fraction of sp³-hybridized carbons (Fsp3) is 0. The lowest BCUT2D eigenvalue weighted by molar-refractivity contribution is 0.996. The van der Waals surface area contributed by atoms with Crippen LogP contribution in [0.15, 0.2) is 194 Å². The Morgan fingerprint density at radius 3 is 1.63 bits per heavy atom. The summed E-state index contributed by atoms with van der Waals surface area (Å²) >= 11 is 1.87. The minimum atomic E-state index is 0.646. The Morgan fingerprint density at radius 1 is 0.316 bits per heavy atom. The maximum Gasteiger partial charge on any atom is 0.235 e. The lowest BCUT2D eigenvalue weighted by Gasteiger charge is -2.12. The number of benzene rings is 8. The summed E-state index contributed by atoms with van der Waals surface area (Å²) in [5, 5.41) is 7.43. The summed E-state index contributed by atoms with van der Waals surface area (Å²) in [6.45, 7) is 0. The second-order valence-electron chi connectivity index (χ2n) is 14.6. The monoisotopic (exact) mass is 744 g/mol. The lowest BCUT2D eigenvalue weighted by Crippen LogP contribution is -2.04. The highest BCUT2D eigenvalue weighted by Crippen LogP contribution is 2.42. The molecule has 266 valence electrons. The fourth-order valence-electron chi connectivity index (χ4n) is 8.69. The highest BCUT2D eigenvalue weighted by Gasteiger charge is 2.20. The van der Waals surface area contributed by atoms with Crippen molar-refractivity contribution in [2.24, 2.45) is 0 Å². The molecule has 57 heavy (non-hydrogen) atoms. The molecule has 4 heterocycles. The van der Waals surface area contributed by atoms with Crippen molar-refractivity contribution in [1.29, 1.82) is 0 Å². The van der Waals surface area contributed by atoms with E-state index in [1.165, 1.54) is 52.8 Å². The molecule has 8 aromatic carbocycles. The van der Waals surface area contributed by atoms with E-state index < -0.39 is 0 Å². The van der Waals surface area contributed by atoms with E-state index in [2.05, 4.69) is 191 Å². The predicted molar refractivity (Wildman–Crippen MR) is 240 cm³/mol. The van der Waals surface area contributed by atoms with Crippen molar-refractivity contribution >= 4 is 75.1 Å². The van der Waals surface area contributed by atoms with Crippen molar-refractivity contribution in [2.45, 2.75) is 0 Å². The molecule has 0 bridgehead atoms. The zero-order valence-electron chi connectivity index (χ0n) is 30.7. The molecule has 12 aromatic rings. The third-order valence-electron chi connectivity index (χ3n) is 11.3. The molecule has 0 saturated carbocycles. The molecule has 0 radical (unpaired) electrons. The molecule has 0 amide bonds. The van der Waals surface area contributed by atoms with Crippen LogP contribution >= 0.6 is 11.3 Å². The van der Waals surface area contributed by atoms with E-state index in [0.717, 1.165) is 50.4 Å². The zero-order chi connectivity index (χ0) is 37.5. The van der Waals surface area contributed by atoms with Crippen LogP contribution in [0.5, 0.6) is 0 Å². The minimum Gasteiger partial charge on any atom is -0.309 e. The number of thiophene rings is 1. The van der Waals surface area contributed by atoms with Gasteiger partial charge in [-0.2, -0.15) is 0 Å². The number of hydrogen-bond acceptors (Lipinski definition) is 3. The number of para-hydroxylation sites is 2. The third-order valence-corrected chi connectivity index (χ3v) is 12.5. The molecule has 0 aliphatic heterocycles. The SMILES string of the molecule is c1ccc(-c2cc(-c3ccccc3)nc(-n3c4ccccc4c4ccc(-c5ccc6c(c5)c5cc7sc8ccccc8c7cc5n6-c5ccccc5)cc43)n2)cc1. The Labute approximate surface area is 332 Å². The molecule has 4 aromatic heterocycles. The standard InChI is InChI=1S/C52H32N4S/c1-4-14-33(15-5-1)44-32-45(34-16-6-2-7-17-34)54-52(53-44)56-46-22-12-10-20-38(46)39-26-24-36(29-48(39)56)35-25-27-47-41(28-35)42-31-51-43(40-21-11-13-23-50(40)57-51)30-49(42)55(47)37-18-8-3-9-19-37/h1-32H. The van der Waals surface area contributed by atoms with Crippen molar-refractivity contribution in [3.63, 3.8) is 0 Å². The van der Waals surface area contributed by atoms with E-state index in [1.54, 1.807) is 0 Å². The smallest absolute Gasteiger partial charge is 0.235 e. The van der Waals surface area contributed by atoms with Gasteiger partial charge in [0.05, 0.1) is 33.5 Å². The quantitative estimate of drug-likeness (QED) is 0.176. The van der Waals surface area contributed by atoms with Gasteiger partial charge >= 0.3 is 0 Å². The summed E-state index contributed by atoms with van der Waals surface area (Å²) in [4.78, 5) is 10.5. The van der Waals surface area contributed by atoms with Gasteiger partial charge in [0.2, 0.25) is 5.95 Å². The number of hydrogen-bond donors (Lipinski definition) is 0. The summed E-state index contributed by atoms with van der Waals surface area (Å²) in [5.41, 5.74) is 11.9. The van der Waals surface area contributed by atoms with Gasteiger partial charge in [0.15, 0.2) is 0 Å². The Bertz CT molecular complexity index is 3450. The summed E-state index contributed by atoms with van der Waals surface area (Å²) in [6.07, 6.45) is 0. The molecule has 0 spiro atoms. The van der Waals surface area contributed by atoms with Crippen LogP contribution in [0.3, 0.4) is 0 Å². The molecule has 0 saturated heterocycles. The van der Waals surface area contributed by atoms with Crippen molar-refractivity contribution in [3.8, 4) is 45.3 Å². The van der Waals surface area contributed by atoms with Gasteiger partial charge < -0.3 is 4.57 Å². The number of rotatable bonds is 5. The summed E-state index contributed by atoms with van der Waals surface area (Å²) in [6, 6.07) is 69.5. The van der Waals surface area contributed by atoms with Crippen molar-refractivity contribution in [3.05, 3.63) is 194 Å². The van der Waals surface area contributed by atoms with Crippen LogP contribution in [-0.4, -0.2) is 19.1 Å². The second kappa shape index (κ2) is 12.6. The van der Waals surface area contributed by atoms with Crippen molar-refractivity contribution in [1.82, 2.24) is 19.1 Å². The van der Waals surface area contributed by atoms with Gasteiger partial charge in [-0.25, -0.2) is 9.97 Å². The maximum absolute atomic E-state index is 5.27. The van der Waals surface area contributed by atoms with Gasteiger partial charge in [0, 0.05) is 58.5 Å². The zero-order valence-corrected chi connectivity index (χ0v) is 31.5. The predicted octanol–water partition coefficient (Wildman–Crippen LogP) is 14.0. The Kier molecular flexibility index (Phi) is 7.06. The number of nitrogens with zero attached hydrogens (tertiary/aromatic N) is 4. The summed E-state index contributed by atoms with van der Waals surface area (Å²) in [5.74, 6) is 0.646. The van der Waals surface area contributed by atoms with Crippen LogP contribution in [0.4, 0.5) is 0 Å². The van der Waals surface area contributed by atoms with Gasteiger partial charge in [-0.05, 0) is 71.8 Å². The molecule has 12 rings (SSSR count). The lowest BCUT2D eigenvalue weighted by atomic mass is 10.0. The fourth-order valence-corrected chi connectivity index (χ4v) is 9.81. The van der Waals surface area contributed by atoms with Crippen LogP contribution in [0.25, 0.3) is 109 Å². The Hall–Kier alpha value is -7.34. The summed E-state index contributed by atoms with van der Waals surface area (Å²) < 4.78 is 7.28. The first-order valence-electron chi connectivity index (χ1n) is 19.2. The topological polar surface area (TPSA) is 35.6 Å². The second-order valence-corrected chi connectivity index (χ2v) is 15.7. The van der Waals surface area contributed by atoms with Crippen LogP contribution in [-0.2, 0) is 0 Å². The first-order valence-corrected chi connectivity index (χ1v) is 20.1. The van der Waals surface area contributed by atoms with E-state index >= 15 is 0 Å². The van der Waals surface area contributed by atoms with Gasteiger partial charge in [0.1, 0.15) is 0 Å². The molecule has 5 heteroatoms. The maximum atomic E-state index is 5.27. The number of fused-ring (bicyclic) bond motifs is 9. The van der Waals surface area contributed by atoms with Crippen molar-refractivity contribution < 1.29 is 0 Å². The van der Waals surface area contributed by atoms with Crippen LogP contribution in [0.2, 0.25) is 0 Å². The Morgan fingerprint density at radius 2 is 0.877 bits per heavy atom.